The normalized spacial score (nSPS) is 12.4. The zero-order chi connectivity index (χ0) is 25.3. The minimum atomic E-state index is -0.200. The van der Waals surface area contributed by atoms with Gasteiger partial charge in [0.25, 0.3) is 0 Å². The van der Waals surface area contributed by atoms with E-state index in [0.717, 1.165) is 28.7 Å². The lowest BCUT2D eigenvalue weighted by Gasteiger charge is -2.26. The number of aromatic hydroxyl groups is 2. The summed E-state index contributed by atoms with van der Waals surface area (Å²) in [6.07, 6.45) is 1.30. The summed E-state index contributed by atoms with van der Waals surface area (Å²) in [4.78, 5) is 0. The van der Waals surface area contributed by atoms with Crippen molar-refractivity contribution < 1.29 is 10.2 Å². The molecule has 0 saturated heterocycles. The van der Waals surface area contributed by atoms with Crippen molar-refractivity contribution in [3.63, 3.8) is 0 Å². The Morgan fingerprint density at radius 1 is 0.824 bits per heavy atom. The number of hydrogen-bond donors (Lipinski definition) is 3. The molecule has 0 aliphatic rings. The molecule has 0 amide bonds. The van der Waals surface area contributed by atoms with Crippen LogP contribution in [-0.2, 0) is 17.3 Å². The number of hydrogen-bond acceptors (Lipinski definition) is 5. The summed E-state index contributed by atoms with van der Waals surface area (Å²) in [5.74, 6) is 0.338. The van der Waals surface area contributed by atoms with Gasteiger partial charge in [-0.3, -0.25) is 0 Å². The van der Waals surface area contributed by atoms with Gasteiger partial charge in [0.1, 0.15) is 22.9 Å². The lowest BCUT2D eigenvalue weighted by Crippen LogP contribution is -2.16. The predicted octanol–water partition coefficient (Wildman–Crippen LogP) is 7.98. The number of rotatable bonds is 6. The minimum absolute atomic E-state index is 0.0621. The van der Waals surface area contributed by atoms with Gasteiger partial charge in [-0.15, -0.1) is 10.2 Å². The van der Waals surface area contributed by atoms with E-state index in [9.17, 15) is 10.2 Å². The number of nitrogens with zero attached hydrogens (tertiary/aromatic N) is 2. The molecule has 0 spiro atoms. The Labute approximate surface area is 203 Å². The maximum atomic E-state index is 11.2. The maximum Gasteiger partial charge on any atom is 0.146 e. The zero-order valence-corrected chi connectivity index (χ0v) is 21.4. The first-order valence-electron chi connectivity index (χ1n) is 11.8. The van der Waals surface area contributed by atoms with E-state index >= 15 is 0 Å². The molecular formula is C29H37N3O2. The van der Waals surface area contributed by atoms with E-state index in [-0.39, 0.29) is 22.3 Å². The van der Waals surface area contributed by atoms with Crippen LogP contribution < -0.4 is 5.73 Å². The molecule has 0 unspecified atom stereocenters. The monoisotopic (exact) mass is 459 g/mol. The Morgan fingerprint density at radius 3 is 2.06 bits per heavy atom. The van der Waals surface area contributed by atoms with Crippen LogP contribution in [-0.4, -0.2) is 10.2 Å². The fourth-order valence-electron chi connectivity index (χ4n) is 3.94. The molecular weight excluding hydrogens is 422 g/mol. The molecule has 3 rings (SSSR count). The molecule has 0 saturated carbocycles. The molecule has 0 aliphatic heterocycles. The molecule has 0 heterocycles. The van der Waals surface area contributed by atoms with Crippen LogP contribution in [0, 0.1) is 6.92 Å². The number of nitrogen functional groups attached to an aromatic ring is 1. The molecule has 0 bridgehead atoms. The second kappa shape index (κ2) is 9.49. The molecule has 0 aliphatic carbocycles. The van der Waals surface area contributed by atoms with Crippen molar-refractivity contribution in [3.05, 3.63) is 76.3 Å². The van der Waals surface area contributed by atoms with E-state index in [1.165, 1.54) is 0 Å². The number of phenolic OH excluding ortho intramolecular Hbond substituents is 2. The number of phenols is 2. The van der Waals surface area contributed by atoms with Crippen molar-refractivity contribution in [2.75, 3.05) is 5.73 Å². The first-order valence-corrected chi connectivity index (χ1v) is 11.8. The van der Waals surface area contributed by atoms with E-state index in [4.69, 9.17) is 5.73 Å². The van der Waals surface area contributed by atoms with Gasteiger partial charge >= 0.3 is 0 Å². The number of nitrogens with two attached hydrogens (primary N) is 1. The summed E-state index contributed by atoms with van der Waals surface area (Å²) in [5.41, 5.74) is 11.7. The molecule has 4 N–H and O–H groups in total. The van der Waals surface area contributed by atoms with E-state index < -0.39 is 0 Å². The third-order valence-corrected chi connectivity index (χ3v) is 6.56. The highest BCUT2D eigenvalue weighted by Crippen LogP contribution is 2.41. The van der Waals surface area contributed by atoms with Crippen LogP contribution in [0.4, 0.5) is 17.1 Å². The van der Waals surface area contributed by atoms with Crippen molar-refractivity contribution in [1.29, 1.82) is 0 Å². The fourth-order valence-corrected chi connectivity index (χ4v) is 3.94. The van der Waals surface area contributed by atoms with Gasteiger partial charge < -0.3 is 15.9 Å². The van der Waals surface area contributed by atoms with Crippen LogP contribution in [0.25, 0.3) is 0 Å². The lowest BCUT2D eigenvalue weighted by atomic mass is 9.80. The van der Waals surface area contributed by atoms with Gasteiger partial charge in [-0.2, -0.15) is 0 Å². The van der Waals surface area contributed by atoms with Gasteiger partial charge in [0.05, 0.1) is 5.69 Å². The minimum Gasteiger partial charge on any atom is -0.507 e. The molecule has 180 valence electrons. The SMILES string of the molecule is CCC(C)(C)c1cc(Cc2cc(C)cc(C(C)(C)C)c2O)c(O)c(N=Nc2ccccc2N)c1. The highest BCUT2D eigenvalue weighted by Gasteiger charge is 2.24. The van der Waals surface area contributed by atoms with E-state index in [1.807, 2.05) is 43.3 Å². The summed E-state index contributed by atoms with van der Waals surface area (Å²) in [5, 5.41) is 31.0. The highest BCUT2D eigenvalue weighted by atomic mass is 16.3. The lowest BCUT2D eigenvalue weighted by molar-refractivity contribution is 0.439. The highest BCUT2D eigenvalue weighted by molar-refractivity contribution is 5.63. The van der Waals surface area contributed by atoms with Crippen LogP contribution in [0.15, 0.2) is 58.8 Å². The molecule has 3 aromatic rings. The van der Waals surface area contributed by atoms with E-state index in [0.29, 0.717) is 29.0 Å². The first-order chi connectivity index (χ1) is 15.8. The smallest absolute Gasteiger partial charge is 0.146 e. The molecule has 34 heavy (non-hydrogen) atoms. The molecule has 0 fully saturated rings. The van der Waals surface area contributed by atoms with Gasteiger partial charge in [-0.1, -0.05) is 77.4 Å². The first kappa shape index (κ1) is 25.3. The third kappa shape index (κ3) is 5.41. The van der Waals surface area contributed by atoms with Gasteiger partial charge in [0.15, 0.2) is 0 Å². The molecule has 0 radical (unpaired) electrons. The van der Waals surface area contributed by atoms with Crippen LogP contribution in [0.3, 0.4) is 0 Å². The Morgan fingerprint density at radius 2 is 1.44 bits per heavy atom. The average Bonchev–Trinajstić information content (AvgIpc) is 2.76. The van der Waals surface area contributed by atoms with Crippen molar-refractivity contribution >= 4 is 17.1 Å². The number of aryl methyl sites for hydroxylation is 1. The van der Waals surface area contributed by atoms with E-state index in [2.05, 4.69) is 51.8 Å². The summed E-state index contributed by atoms with van der Waals surface area (Å²) in [6, 6.07) is 15.2. The number of para-hydroxylation sites is 1. The summed E-state index contributed by atoms with van der Waals surface area (Å²) in [7, 11) is 0. The van der Waals surface area contributed by atoms with Gasteiger partial charge in [0.2, 0.25) is 0 Å². The maximum absolute atomic E-state index is 11.2. The second-order valence-corrected chi connectivity index (χ2v) is 10.7. The molecule has 5 heteroatoms. The average molecular weight is 460 g/mol. The van der Waals surface area contributed by atoms with Gasteiger partial charge in [-0.05, 0) is 59.1 Å². The molecule has 0 aromatic heterocycles. The molecule has 0 atom stereocenters. The third-order valence-electron chi connectivity index (χ3n) is 6.56. The van der Waals surface area contributed by atoms with Crippen LogP contribution in [0.5, 0.6) is 11.5 Å². The van der Waals surface area contributed by atoms with Crippen molar-refractivity contribution in [3.8, 4) is 11.5 Å². The Kier molecular flexibility index (Phi) is 7.06. The summed E-state index contributed by atoms with van der Waals surface area (Å²) < 4.78 is 0. The summed E-state index contributed by atoms with van der Waals surface area (Å²) in [6.45, 7) is 14.8. The van der Waals surface area contributed by atoms with Crippen molar-refractivity contribution in [1.82, 2.24) is 0 Å². The van der Waals surface area contributed by atoms with Gasteiger partial charge in [0, 0.05) is 12.0 Å². The number of benzene rings is 3. The Bertz CT molecular complexity index is 1220. The number of anilines is 1. The van der Waals surface area contributed by atoms with Gasteiger partial charge in [-0.25, -0.2) is 0 Å². The Balaban J connectivity index is 2.15. The largest absolute Gasteiger partial charge is 0.507 e. The van der Waals surface area contributed by atoms with Crippen LogP contribution in [0.2, 0.25) is 0 Å². The predicted molar refractivity (Wildman–Crippen MR) is 141 cm³/mol. The van der Waals surface area contributed by atoms with Crippen molar-refractivity contribution in [2.45, 2.75) is 72.1 Å². The fraction of sp³-hybridized carbons (Fsp3) is 0.379. The standard InChI is InChI=1S/C29H37N3O2/c1-8-29(6,7)21-16-20(15-19-13-18(2)14-22(26(19)33)28(3,4)5)27(34)25(17-21)32-31-24-12-10-9-11-23(24)30/h9-14,16-17,33-34H,8,15,30H2,1-7H3. The second-order valence-electron chi connectivity index (χ2n) is 10.7. The van der Waals surface area contributed by atoms with E-state index in [1.54, 1.807) is 12.1 Å². The quantitative estimate of drug-likeness (QED) is 0.258. The van der Waals surface area contributed by atoms with Crippen LogP contribution >= 0.6 is 0 Å². The molecule has 3 aromatic carbocycles. The zero-order valence-electron chi connectivity index (χ0n) is 21.4. The topological polar surface area (TPSA) is 91.2 Å². The Hall–Kier alpha value is -3.34. The number of azo groups is 1. The van der Waals surface area contributed by atoms with Crippen molar-refractivity contribution in [2.24, 2.45) is 10.2 Å². The summed E-state index contributed by atoms with van der Waals surface area (Å²) >= 11 is 0. The van der Waals surface area contributed by atoms with Crippen LogP contribution in [0.1, 0.15) is 75.8 Å². The molecule has 5 nitrogen and oxygen atoms in total.